The van der Waals surface area contributed by atoms with Crippen molar-refractivity contribution >= 4 is 5.91 Å². The number of para-hydroxylation sites is 1. The molecule has 0 bridgehead atoms. The largest absolute Gasteiger partial charge is 0.338 e. The Morgan fingerprint density at radius 1 is 1.31 bits per heavy atom. The van der Waals surface area contributed by atoms with Crippen molar-refractivity contribution < 1.29 is 4.79 Å². The average Bonchev–Trinajstić information content (AvgIpc) is 3.36. The van der Waals surface area contributed by atoms with E-state index in [4.69, 9.17) is 0 Å². The summed E-state index contributed by atoms with van der Waals surface area (Å²) in [5.41, 5.74) is 8.49. The molecule has 2 aliphatic rings. The van der Waals surface area contributed by atoms with Gasteiger partial charge in [0.1, 0.15) is 0 Å². The number of aromatic nitrogens is 2. The number of fused-ring (bicyclic) bond motifs is 1. The summed E-state index contributed by atoms with van der Waals surface area (Å²) in [7, 11) is 0. The topological polar surface area (TPSA) is 62.2 Å². The quantitative estimate of drug-likeness (QED) is 0.885. The molecule has 138 valence electrons. The van der Waals surface area contributed by atoms with Gasteiger partial charge >= 0.3 is 0 Å². The van der Waals surface area contributed by atoms with Crippen LogP contribution in [0, 0.1) is 11.8 Å². The second-order valence-corrected chi connectivity index (χ2v) is 7.48. The van der Waals surface area contributed by atoms with Gasteiger partial charge in [-0.25, -0.2) is 4.68 Å². The molecular weight excluding hydrogens is 326 g/mol. The Bertz CT molecular complexity index is 759. The van der Waals surface area contributed by atoms with Gasteiger partial charge in [-0.15, -0.1) is 0 Å². The molecule has 26 heavy (non-hydrogen) atoms. The highest BCUT2D eigenvalue weighted by Gasteiger charge is 2.42. The van der Waals surface area contributed by atoms with Crippen LogP contribution < -0.4 is 10.9 Å². The highest BCUT2D eigenvalue weighted by atomic mass is 16.2. The minimum absolute atomic E-state index is 0.101. The van der Waals surface area contributed by atoms with Gasteiger partial charge in [-0.3, -0.25) is 15.6 Å². The molecule has 1 aromatic heterocycles. The number of rotatable bonds is 4. The van der Waals surface area contributed by atoms with E-state index in [1.54, 1.807) is 10.9 Å². The van der Waals surface area contributed by atoms with Crippen LogP contribution >= 0.6 is 0 Å². The second-order valence-electron chi connectivity index (χ2n) is 7.48. The van der Waals surface area contributed by atoms with Crippen molar-refractivity contribution in [2.24, 2.45) is 11.8 Å². The molecular formula is C20H27N5O. The predicted molar refractivity (Wildman–Crippen MR) is 101 cm³/mol. The van der Waals surface area contributed by atoms with Crippen LogP contribution in [0.5, 0.6) is 0 Å². The van der Waals surface area contributed by atoms with Crippen molar-refractivity contribution in [3.8, 4) is 5.69 Å². The zero-order chi connectivity index (χ0) is 18.1. The van der Waals surface area contributed by atoms with Crippen LogP contribution in [0.1, 0.15) is 37.0 Å². The Morgan fingerprint density at radius 3 is 2.92 bits per heavy atom. The second kappa shape index (κ2) is 7.21. The van der Waals surface area contributed by atoms with Gasteiger partial charge in [-0.05, 0) is 30.5 Å². The molecule has 2 N–H and O–H groups in total. The van der Waals surface area contributed by atoms with Gasteiger partial charge in [-0.2, -0.15) is 5.10 Å². The zero-order valence-corrected chi connectivity index (χ0v) is 15.4. The van der Waals surface area contributed by atoms with E-state index in [0.29, 0.717) is 29.5 Å². The van der Waals surface area contributed by atoms with E-state index >= 15 is 0 Å². The summed E-state index contributed by atoms with van der Waals surface area (Å²) >= 11 is 0. The molecule has 4 atom stereocenters. The summed E-state index contributed by atoms with van der Waals surface area (Å²) in [6.45, 7) is 6.10. The summed E-state index contributed by atoms with van der Waals surface area (Å²) in [6.07, 6.45) is 5.74. The van der Waals surface area contributed by atoms with E-state index in [2.05, 4.69) is 29.8 Å². The van der Waals surface area contributed by atoms with Crippen LogP contribution in [0.2, 0.25) is 0 Å². The monoisotopic (exact) mass is 353 g/mol. The third-order valence-corrected chi connectivity index (χ3v) is 5.98. The zero-order valence-electron chi connectivity index (χ0n) is 15.4. The SMILES string of the molecule is CCC(C)C1NNC2CCN(C(=O)c3ccccc3-n3cccn3)CC21. The fourth-order valence-corrected chi connectivity index (χ4v) is 4.27. The minimum atomic E-state index is 0.101. The van der Waals surface area contributed by atoms with Crippen LogP contribution in [0.25, 0.3) is 5.69 Å². The first kappa shape index (κ1) is 17.2. The number of carbonyl (C=O) groups excluding carboxylic acids is 1. The highest BCUT2D eigenvalue weighted by Crippen LogP contribution is 2.30. The fraction of sp³-hybridized carbons (Fsp3) is 0.500. The van der Waals surface area contributed by atoms with Crippen molar-refractivity contribution in [1.82, 2.24) is 25.5 Å². The molecule has 6 nitrogen and oxygen atoms in total. The molecule has 0 radical (unpaired) electrons. The van der Waals surface area contributed by atoms with Crippen LogP contribution in [0.3, 0.4) is 0 Å². The number of likely N-dealkylation sites (tertiary alicyclic amines) is 1. The molecule has 2 aliphatic heterocycles. The summed E-state index contributed by atoms with van der Waals surface area (Å²) in [4.78, 5) is 15.3. The summed E-state index contributed by atoms with van der Waals surface area (Å²) < 4.78 is 1.76. The van der Waals surface area contributed by atoms with Gasteiger partial charge < -0.3 is 4.90 Å². The number of hydrazine groups is 1. The first-order chi connectivity index (χ1) is 12.7. The molecule has 0 saturated carbocycles. The van der Waals surface area contributed by atoms with Crippen molar-refractivity contribution in [3.63, 3.8) is 0 Å². The normalized spacial score (nSPS) is 26.5. The number of carbonyl (C=O) groups is 1. The first-order valence-electron chi connectivity index (χ1n) is 9.58. The number of nitrogens with one attached hydrogen (secondary N) is 2. The molecule has 2 fully saturated rings. The maximum absolute atomic E-state index is 13.3. The third-order valence-electron chi connectivity index (χ3n) is 5.98. The van der Waals surface area contributed by atoms with Crippen molar-refractivity contribution in [1.29, 1.82) is 0 Å². The molecule has 2 saturated heterocycles. The van der Waals surface area contributed by atoms with Crippen LogP contribution in [-0.2, 0) is 0 Å². The molecule has 0 spiro atoms. The summed E-state index contributed by atoms with van der Waals surface area (Å²) in [5, 5.41) is 4.30. The van der Waals surface area contributed by atoms with Gasteiger partial charge in [0, 0.05) is 43.5 Å². The van der Waals surface area contributed by atoms with Crippen LogP contribution in [0.15, 0.2) is 42.7 Å². The maximum Gasteiger partial charge on any atom is 0.256 e. The Labute approximate surface area is 154 Å². The molecule has 6 heteroatoms. The van der Waals surface area contributed by atoms with E-state index in [0.717, 1.165) is 31.6 Å². The Morgan fingerprint density at radius 2 is 2.15 bits per heavy atom. The Balaban J connectivity index is 1.56. The summed E-state index contributed by atoms with van der Waals surface area (Å²) in [6, 6.07) is 10.5. The molecule has 4 unspecified atom stereocenters. The fourth-order valence-electron chi connectivity index (χ4n) is 4.27. The number of hydrogen-bond acceptors (Lipinski definition) is 4. The van der Waals surface area contributed by atoms with Crippen LogP contribution in [-0.4, -0.2) is 45.8 Å². The van der Waals surface area contributed by atoms with Gasteiger partial charge in [-0.1, -0.05) is 32.4 Å². The molecule has 0 aliphatic carbocycles. The summed E-state index contributed by atoms with van der Waals surface area (Å²) in [5.74, 6) is 1.15. The molecule has 1 aromatic carbocycles. The van der Waals surface area contributed by atoms with Gasteiger partial charge in [0.05, 0.1) is 11.3 Å². The lowest BCUT2D eigenvalue weighted by Crippen LogP contribution is -2.49. The van der Waals surface area contributed by atoms with Gasteiger partial charge in [0.2, 0.25) is 0 Å². The van der Waals surface area contributed by atoms with Crippen LogP contribution in [0.4, 0.5) is 0 Å². The van der Waals surface area contributed by atoms with Gasteiger partial charge in [0.15, 0.2) is 0 Å². The highest BCUT2D eigenvalue weighted by molar-refractivity contribution is 5.97. The number of amides is 1. The lowest BCUT2D eigenvalue weighted by Gasteiger charge is -2.37. The van der Waals surface area contributed by atoms with E-state index < -0.39 is 0 Å². The van der Waals surface area contributed by atoms with E-state index in [1.807, 2.05) is 41.4 Å². The third kappa shape index (κ3) is 3.04. The van der Waals surface area contributed by atoms with E-state index in [-0.39, 0.29) is 5.91 Å². The molecule has 1 amide bonds. The van der Waals surface area contributed by atoms with Crippen molar-refractivity contribution in [2.75, 3.05) is 13.1 Å². The molecule has 3 heterocycles. The van der Waals surface area contributed by atoms with E-state index in [1.165, 1.54) is 0 Å². The smallest absolute Gasteiger partial charge is 0.256 e. The maximum atomic E-state index is 13.3. The number of piperidine rings is 1. The van der Waals surface area contributed by atoms with Gasteiger partial charge in [0.25, 0.3) is 5.91 Å². The first-order valence-corrected chi connectivity index (χ1v) is 9.58. The van der Waals surface area contributed by atoms with Crippen molar-refractivity contribution in [3.05, 3.63) is 48.3 Å². The Kier molecular flexibility index (Phi) is 4.78. The molecule has 4 rings (SSSR count). The van der Waals surface area contributed by atoms with Crippen molar-refractivity contribution in [2.45, 2.75) is 38.8 Å². The lowest BCUT2D eigenvalue weighted by atomic mass is 9.82. The number of hydrogen-bond donors (Lipinski definition) is 2. The number of benzene rings is 1. The lowest BCUT2D eigenvalue weighted by molar-refractivity contribution is 0.0640. The predicted octanol–water partition coefficient (Wildman–Crippen LogP) is 2.23. The number of nitrogens with zero attached hydrogens (tertiary/aromatic N) is 3. The average molecular weight is 353 g/mol. The minimum Gasteiger partial charge on any atom is -0.338 e. The van der Waals surface area contributed by atoms with E-state index in [9.17, 15) is 4.79 Å². The Hall–Kier alpha value is -2.18. The molecule has 2 aromatic rings. The standard InChI is InChI=1S/C20H27N5O/c1-3-14(2)19-16-13-24(12-9-17(16)22-23-19)20(26)15-7-4-5-8-18(15)25-11-6-10-21-25/h4-8,10-11,14,16-17,19,22-23H,3,9,12-13H2,1-2H3.